The maximum absolute atomic E-state index is 7.04. The van der Waals surface area contributed by atoms with Gasteiger partial charge < -0.3 is 19.8 Å². The van der Waals surface area contributed by atoms with Gasteiger partial charge in [-0.1, -0.05) is 75.4 Å². The number of nitrogens with zero attached hydrogens (tertiary/aromatic N) is 2. The second kappa shape index (κ2) is 12.9. The summed E-state index contributed by atoms with van der Waals surface area (Å²) in [4.78, 5) is 7.62. The van der Waals surface area contributed by atoms with E-state index in [9.17, 15) is 0 Å². The molecular weight excluding hydrogens is 628 g/mol. The minimum atomic E-state index is -1.46. The van der Waals surface area contributed by atoms with Crippen molar-refractivity contribution in [3.8, 4) is 0 Å². The molecule has 191 valence electrons. The van der Waals surface area contributed by atoms with Gasteiger partial charge in [-0.05, 0) is 55.7 Å². The Bertz CT molecular complexity index is 1010. The molecule has 1 radical (unpaired) electrons. The van der Waals surface area contributed by atoms with E-state index in [-0.39, 0.29) is 46.4 Å². The first kappa shape index (κ1) is 31.2. The Morgan fingerprint density at radius 3 is 1.60 bits per heavy atom. The fraction of sp³-hybridized carbons (Fsp3) is 0.300. The maximum atomic E-state index is 7.04. The standard InChI is InChI=1S/C28H33N2OP.2CH3.Ir/c1-27(2,3)25-21-30(22-15-9-6-10-16-22)26(29-25)28(4,5)31-32(23-17-11-7-12-18-23)24-19-13-8-14-20-24;;;/h6-20,25H,21H2,1-5H3;2*1H3;/q;2*-1;/p+1/t25-;;;/m1.../s1. The molecule has 0 bridgehead atoms. The van der Waals surface area contributed by atoms with Crippen LogP contribution in [0.25, 0.3) is 0 Å². The van der Waals surface area contributed by atoms with E-state index in [1.54, 1.807) is 0 Å². The van der Waals surface area contributed by atoms with Crippen molar-refractivity contribution in [2.75, 3.05) is 11.4 Å². The fourth-order valence-corrected chi connectivity index (χ4v) is 6.23. The van der Waals surface area contributed by atoms with Gasteiger partial charge in [-0.25, -0.2) is 4.52 Å². The molecule has 0 N–H and O–H groups in total. The predicted octanol–water partition coefficient (Wildman–Crippen LogP) is 6.79. The van der Waals surface area contributed by atoms with Crippen LogP contribution in [0.1, 0.15) is 34.6 Å². The summed E-state index contributed by atoms with van der Waals surface area (Å²) in [6.45, 7) is 12.0. The molecule has 0 unspecified atom stereocenters. The molecule has 0 spiro atoms. The number of benzene rings is 3. The van der Waals surface area contributed by atoms with Crippen LogP contribution in [0.15, 0.2) is 96.0 Å². The zero-order valence-corrected chi connectivity index (χ0v) is 25.5. The number of hydrogen-bond acceptors (Lipinski definition) is 3. The van der Waals surface area contributed by atoms with Crippen molar-refractivity contribution in [3.05, 3.63) is 106 Å². The summed E-state index contributed by atoms with van der Waals surface area (Å²) in [6, 6.07) is 32.0. The number of rotatable bonds is 6. The minimum absolute atomic E-state index is 0. The quantitative estimate of drug-likeness (QED) is 0.214. The van der Waals surface area contributed by atoms with Gasteiger partial charge in [0, 0.05) is 32.3 Å². The van der Waals surface area contributed by atoms with Gasteiger partial charge in [-0.3, -0.25) is 4.99 Å². The van der Waals surface area contributed by atoms with Gasteiger partial charge in [0.05, 0.1) is 6.04 Å². The molecular formula is C30H40IrN2OP-. The number of anilines is 1. The number of amidine groups is 1. The number of hydrogen-bond donors (Lipinski definition) is 0. The Balaban J connectivity index is 0.00000204. The molecule has 1 aliphatic rings. The first-order chi connectivity index (χ1) is 15.3. The molecule has 3 nitrogen and oxygen atoms in total. The predicted molar refractivity (Wildman–Crippen MR) is 153 cm³/mol. The Morgan fingerprint density at radius 1 is 0.743 bits per heavy atom. The van der Waals surface area contributed by atoms with Gasteiger partial charge >= 0.3 is 0 Å². The summed E-state index contributed by atoms with van der Waals surface area (Å²) < 4.78 is 7.04. The van der Waals surface area contributed by atoms with Crippen LogP contribution in [0.2, 0.25) is 0 Å². The zero-order valence-electron chi connectivity index (χ0n) is 22.1. The number of para-hydroxylation sites is 1. The molecule has 1 atom stereocenters. The van der Waals surface area contributed by atoms with Gasteiger partial charge in [-0.2, -0.15) is 0 Å². The van der Waals surface area contributed by atoms with Crippen LogP contribution in [0.3, 0.4) is 0 Å². The van der Waals surface area contributed by atoms with Crippen molar-refractivity contribution in [1.82, 2.24) is 0 Å². The molecule has 4 rings (SSSR count). The van der Waals surface area contributed by atoms with Gasteiger partial charge in [0.15, 0.2) is 13.7 Å². The first-order valence-electron chi connectivity index (χ1n) is 11.3. The van der Waals surface area contributed by atoms with Gasteiger partial charge in [0.25, 0.3) is 0 Å². The van der Waals surface area contributed by atoms with E-state index < -0.39 is 13.7 Å². The van der Waals surface area contributed by atoms with Gasteiger partial charge in [0.2, 0.25) is 0 Å². The van der Waals surface area contributed by atoms with Crippen LogP contribution in [-0.4, -0.2) is 24.0 Å². The summed E-state index contributed by atoms with van der Waals surface area (Å²) >= 11 is 0. The van der Waals surface area contributed by atoms with Crippen LogP contribution in [-0.2, 0) is 24.6 Å². The van der Waals surface area contributed by atoms with Crippen LogP contribution >= 0.6 is 8.15 Å². The van der Waals surface area contributed by atoms with Crippen molar-refractivity contribution in [3.63, 3.8) is 0 Å². The largest absolute Gasteiger partial charge is 0.358 e. The van der Waals surface area contributed by atoms with Crippen LogP contribution in [0, 0.1) is 20.3 Å². The second-order valence-corrected chi connectivity index (χ2v) is 12.0. The minimum Gasteiger partial charge on any atom is -0.358 e. The summed E-state index contributed by atoms with van der Waals surface area (Å²) in [5.74, 6) is 1.01. The monoisotopic (exact) mass is 668 g/mol. The van der Waals surface area contributed by atoms with E-state index in [0.29, 0.717) is 0 Å². The smallest absolute Gasteiger partial charge is 0.199 e. The molecule has 0 aromatic heterocycles. The molecule has 35 heavy (non-hydrogen) atoms. The third-order valence-electron chi connectivity index (χ3n) is 5.92. The summed E-state index contributed by atoms with van der Waals surface area (Å²) in [7, 11) is -1.46. The molecule has 5 heteroatoms. The van der Waals surface area contributed by atoms with E-state index in [4.69, 9.17) is 9.52 Å². The third kappa shape index (κ3) is 7.34. The van der Waals surface area contributed by atoms with E-state index in [1.165, 1.54) is 16.3 Å². The molecule has 3 aromatic carbocycles. The van der Waals surface area contributed by atoms with Crippen molar-refractivity contribution >= 4 is 30.3 Å². The molecule has 0 saturated carbocycles. The summed E-state index contributed by atoms with van der Waals surface area (Å²) in [6.07, 6.45) is 0. The summed E-state index contributed by atoms with van der Waals surface area (Å²) in [5, 5.41) is 2.49. The summed E-state index contributed by atoms with van der Waals surface area (Å²) in [5.41, 5.74) is 0.704. The normalized spacial score (nSPS) is 15.5. The molecule has 1 heterocycles. The van der Waals surface area contributed by atoms with Crippen LogP contribution in [0.5, 0.6) is 0 Å². The topological polar surface area (TPSA) is 24.8 Å². The molecule has 0 fully saturated rings. The van der Waals surface area contributed by atoms with Gasteiger partial charge in [-0.15, -0.1) is 0 Å². The van der Waals surface area contributed by atoms with E-state index in [0.717, 1.165) is 12.4 Å². The Kier molecular flexibility index (Phi) is 11.5. The third-order valence-corrected chi connectivity index (χ3v) is 8.35. The Morgan fingerprint density at radius 2 is 1.17 bits per heavy atom. The Hall–Kier alpha value is -1.83. The average Bonchev–Trinajstić information content (AvgIpc) is 3.27. The molecule has 0 aliphatic carbocycles. The van der Waals surface area contributed by atoms with Crippen molar-refractivity contribution in [1.29, 1.82) is 0 Å². The van der Waals surface area contributed by atoms with Gasteiger partial charge in [0.1, 0.15) is 16.4 Å². The zero-order chi connectivity index (χ0) is 22.8. The second-order valence-electron chi connectivity index (χ2n) is 9.95. The van der Waals surface area contributed by atoms with Crippen molar-refractivity contribution in [2.24, 2.45) is 10.4 Å². The maximum Gasteiger partial charge on any atom is 0.199 e. The molecule has 0 saturated heterocycles. The molecule has 3 aromatic rings. The SMILES string of the molecule is CC(C)(O[PH+](c1ccccc1)c1ccccc1)C1=N[C@@H](C(C)(C)C)CN1c1ccccc1.[CH3-].[CH3-].[Ir]. The number of aliphatic imine (C=N–C) groups is 1. The van der Waals surface area contributed by atoms with Crippen LogP contribution in [0.4, 0.5) is 5.69 Å². The van der Waals surface area contributed by atoms with Crippen LogP contribution < -0.4 is 15.5 Å². The first-order valence-corrected chi connectivity index (χ1v) is 12.7. The van der Waals surface area contributed by atoms with Crippen molar-refractivity contribution < 1.29 is 24.6 Å². The molecule has 1 aliphatic heterocycles. The van der Waals surface area contributed by atoms with E-state index in [1.807, 2.05) is 0 Å². The average molecular weight is 668 g/mol. The van der Waals surface area contributed by atoms with E-state index >= 15 is 0 Å². The Labute approximate surface area is 228 Å². The van der Waals surface area contributed by atoms with E-state index in [2.05, 4.69) is 131 Å². The fourth-order valence-electron chi connectivity index (χ4n) is 4.07. The molecule has 0 amide bonds. The van der Waals surface area contributed by atoms with Crippen molar-refractivity contribution in [2.45, 2.75) is 46.3 Å².